The second-order valence-electron chi connectivity index (χ2n) is 3.03. The first kappa shape index (κ1) is 7.55. The van der Waals surface area contributed by atoms with Gasteiger partial charge in [-0.1, -0.05) is 0 Å². The molecule has 0 saturated heterocycles. The summed E-state index contributed by atoms with van der Waals surface area (Å²) in [5, 5.41) is 0. The van der Waals surface area contributed by atoms with Crippen molar-refractivity contribution in [3.63, 3.8) is 0 Å². The fourth-order valence-electron chi connectivity index (χ4n) is 1.41. The van der Waals surface area contributed by atoms with Crippen LogP contribution in [-0.2, 0) is 0 Å². The van der Waals surface area contributed by atoms with Crippen molar-refractivity contribution < 1.29 is 9.13 Å². The number of benzene rings is 1. The summed E-state index contributed by atoms with van der Waals surface area (Å²) in [7, 11) is 0. The molecule has 1 aliphatic rings. The molecule has 0 aromatic heterocycles. The first-order chi connectivity index (χ1) is 5.68. The van der Waals surface area contributed by atoms with Gasteiger partial charge in [0.15, 0.2) is 0 Å². The lowest BCUT2D eigenvalue weighted by molar-refractivity contribution is 0.228. The van der Waals surface area contributed by atoms with Gasteiger partial charge < -0.3 is 10.5 Å². The van der Waals surface area contributed by atoms with E-state index >= 15 is 0 Å². The molecule has 0 radical (unpaired) electrons. The maximum atomic E-state index is 12.8. The minimum absolute atomic E-state index is 0.0539. The van der Waals surface area contributed by atoms with Crippen molar-refractivity contribution in [3.05, 3.63) is 29.6 Å². The van der Waals surface area contributed by atoms with Gasteiger partial charge in [-0.25, -0.2) is 4.39 Å². The third-order valence-corrected chi connectivity index (χ3v) is 2.15. The lowest BCUT2D eigenvalue weighted by Crippen LogP contribution is -2.21. The second kappa shape index (κ2) is 2.45. The zero-order valence-corrected chi connectivity index (χ0v) is 6.75. The first-order valence-electron chi connectivity index (χ1n) is 3.90. The number of nitrogens with two attached hydrogens (primary N) is 1. The Kier molecular flexibility index (Phi) is 1.54. The van der Waals surface area contributed by atoms with E-state index in [4.69, 9.17) is 10.5 Å². The number of hydrogen-bond acceptors (Lipinski definition) is 2. The molecule has 0 saturated carbocycles. The summed E-state index contributed by atoms with van der Waals surface area (Å²) in [6.45, 7) is 1.88. The van der Waals surface area contributed by atoms with Crippen LogP contribution in [0.3, 0.4) is 0 Å². The van der Waals surface area contributed by atoms with E-state index in [0.717, 1.165) is 5.56 Å². The van der Waals surface area contributed by atoms with Gasteiger partial charge in [-0.2, -0.15) is 0 Å². The highest BCUT2D eigenvalue weighted by molar-refractivity contribution is 5.40. The highest BCUT2D eigenvalue weighted by Gasteiger charge is 2.27. The zero-order chi connectivity index (χ0) is 8.72. The predicted octanol–water partition coefficient (Wildman–Crippen LogP) is 1.61. The topological polar surface area (TPSA) is 35.2 Å². The summed E-state index contributed by atoms with van der Waals surface area (Å²) in [5.74, 6) is 0.443. The van der Waals surface area contributed by atoms with Crippen LogP contribution in [0.1, 0.15) is 18.5 Å². The Bertz CT molecular complexity index is 313. The molecule has 1 aromatic carbocycles. The van der Waals surface area contributed by atoms with Gasteiger partial charge in [0.1, 0.15) is 17.7 Å². The predicted molar refractivity (Wildman–Crippen MR) is 43.4 cm³/mol. The van der Waals surface area contributed by atoms with Gasteiger partial charge in [-0.15, -0.1) is 0 Å². The molecule has 3 heteroatoms. The Morgan fingerprint density at radius 2 is 2.25 bits per heavy atom. The number of hydrogen-bond donors (Lipinski definition) is 1. The van der Waals surface area contributed by atoms with Crippen molar-refractivity contribution in [1.82, 2.24) is 0 Å². The molecule has 0 aliphatic carbocycles. The fourth-order valence-corrected chi connectivity index (χ4v) is 1.41. The molecule has 0 unspecified atom stereocenters. The van der Waals surface area contributed by atoms with Crippen LogP contribution in [0, 0.1) is 5.82 Å². The lowest BCUT2D eigenvalue weighted by atomic mass is 10.1. The van der Waals surface area contributed by atoms with Gasteiger partial charge in [0.05, 0.1) is 6.04 Å². The number of fused-ring (bicyclic) bond motifs is 1. The van der Waals surface area contributed by atoms with E-state index < -0.39 is 0 Å². The third-order valence-electron chi connectivity index (χ3n) is 2.15. The standard InChI is InChI=1S/C9H10FNO/c1-5-9(11)7-4-6(10)2-3-8(7)12-5/h2-5,9H,11H2,1H3/t5-,9+/m0/s1. The minimum Gasteiger partial charge on any atom is -0.488 e. The maximum Gasteiger partial charge on any atom is 0.124 e. The quantitative estimate of drug-likeness (QED) is 0.637. The number of ether oxygens (including phenoxy) is 1. The molecule has 2 rings (SSSR count). The van der Waals surface area contributed by atoms with Crippen LogP contribution in [0.25, 0.3) is 0 Å². The van der Waals surface area contributed by atoms with Crippen LogP contribution < -0.4 is 10.5 Å². The normalized spacial score (nSPS) is 26.6. The summed E-state index contributed by atoms with van der Waals surface area (Å²) in [6, 6.07) is 4.23. The lowest BCUT2D eigenvalue weighted by Gasteiger charge is -2.07. The molecule has 2 N–H and O–H groups in total. The van der Waals surface area contributed by atoms with Crippen LogP contribution in [0.4, 0.5) is 4.39 Å². The van der Waals surface area contributed by atoms with E-state index in [-0.39, 0.29) is 18.0 Å². The van der Waals surface area contributed by atoms with Crippen LogP contribution in [-0.4, -0.2) is 6.10 Å². The van der Waals surface area contributed by atoms with E-state index in [1.807, 2.05) is 6.92 Å². The van der Waals surface area contributed by atoms with E-state index in [1.165, 1.54) is 12.1 Å². The van der Waals surface area contributed by atoms with Gasteiger partial charge in [0.25, 0.3) is 0 Å². The Labute approximate surface area is 70.1 Å². The summed E-state index contributed by atoms with van der Waals surface area (Å²) in [5.41, 5.74) is 6.53. The van der Waals surface area contributed by atoms with Crippen LogP contribution in [0.2, 0.25) is 0 Å². The average molecular weight is 167 g/mol. The SMILES string of the molecule is C[C@@H]1Oc2ccc(F)cc2[C@@H]1N. The molecule has 0 fully saturated rings. The molecule has 2 atom stereocenters. The van der Waals surface area contributed by atoms with Crippen LogP contribution >= 0.6 is 0 Å². The summed E-state index contributed by atoms with van der Waals surface area (Å²) < 4.78 is 18.1. The van der Waals surface area contributed by atoms with Crippen molar-refractivity contribution in [3.8, 4) is 5.75 Å². The van der Waals surface area contributed by atoms with Crippen molar-refractivity contribution in [2.75, 3.05) is 0 Å². The Morgan fingerprint density at radius 3 is 3.00 bits per heavy atom. The molecular weight excluding hydrogens is 157 g/mol. The summed E-state index contributed by atoms with van der Waals surface area (Å²) in [4.78, 5) is 0. The smallest absolute Gasteiger partial charge is 0.124 e. The van der Waals surface area contributed by atoms with Gasteiger partial charge >= 0.3 is 0 Å². The van der Waals surface area contributed by atoms with Gasteiger partial charge in [-0.3, -0.25) is 0 Å². The molecule has 0 spiro atoms. The zero-order valence-electron chi connectivity index (χ0n) is 6.75. The highest BCUT2D eigenvalue weighted by Crippen LogP contribution is 2.34. The van der Waals surface area contributed by atoms with E-state index in [1.54, 1.807) is 6.07 Å². The van der Waals surface area contributed by atoms with Crippen molar-refractivity contribution >= 4 is 0 Å². The molecule has 1 aromatic rings. The first-order valence-corrected chi connectivity index (χ1v) is 3.90. The van der Waals surface area contributed by atoms with Crippen molar-refractivity contribution in [2.45, 2.75) is 19.1 Å². The van der Waals surface area contributed by atoms with Gasteiger partial charge in [0, 0.05) is 5.56 Å². The second-order valence-corrected chi connectivity index (χ2v) is 3.03. The number of rotatable bonds is 0. The molecule has 0 amide bonds. The van der Waals surface area contributed by atoms with Crippen LogP contribution in [0.15, 0.2) is 18.2 Å². The van der Waals surface area contributed by atoms with Gasteiger partial charge in [0.2, 0.25) is 0 Å². The van der Waals surface area contributed by atoms with Crippen molar-refractivity contribution in [2.24, 2.45) is 5.73 Å². The number of halogens is 1. The monoisotopic (exact) mass is 167 g/mol. The van der Waals surface area contributed by atoms with Crippen LogP contribution in [0.5, 0.6) is 5.75 Å². The Hall–Kier alpha value is -1.09. The van der Waals surface area contributed by atoms with E-state index in [0.29, 0.717) is 5.75 Å². The molecular formula is C9H10FNO. The molecule has 1 heterocycles. The average Bonchev–Trinajstić information content (AvgIpc) is 2.31. The summed E-state index contributed by atoms with van der Waals surface area (Å²) >= 11 is 0. The molecule has 12 heavy (non-hydrogen) atoms. The minimum atomic E-state index is -0.262. The maximum absolute atomic E-state index is 12.8. The molecule has 2 nitrogen and oxygen atoms in total. The highest BCUT2D eigenvalue weighted by atomic mass is 19.1. The van der Waals surface area contributed by atoms with Crippen molar-refractivity contribution in [1.29, 1.82) is 0 Å². The largest absolute Gasteiger partial charge is 0.488 e. The fraction of sp³-hybridized carbons (Fsp3) is 0.333. The Morgan fingerprint density at radius 1 is 1.50 bits per heavy atom. The molecule has 1 aliphatic heterocycles. The Balaban J connectivity index is 2.48. The van der Waals surface area contributed by atoms with Gasteiger partial charge in [-0.05, 0) is 25.1 Å². The van der Waals surface area contributed by atoms with E-state index in [2.05, 4.69) is 0 Å². The molecule has 0 bridgehead atoms. The molecule has 64 valence electrons. The van der Waals surface area contributed by atoms with E-state index in [9.17, 15) is 4.39 Å². The summed E-state index contributed by atoms with van der Waals surface area (Å²) in [6.07, 6.45) is -0.0539. The third kappa shape index (κ3) is 0.975.